The Balaban J connectivity index is 1.91. The van der Waals surface area contributed by atoms with Crippen LogP contribution in [0, 0.1) is 26.7 Å². The molecule has 5 nitrogen and oxygen atoms in total. The van der Waals surface area contributed by atoms with Crippen molar-refractivity contribution in [1.29, 1.82) is 0 Å². The first-order valence-electron chi connectivity index (χ1n) is 8.27. The highest BCUT2D eigenvalue weighted by Crippen LogP contribution is 2.30. The molecule has 126 valence electrons. The normalized spacial score (nSPS) is 15.3. The number of anilines is 1. The average Bonchev–Trinajstić information content (AvgIpc) is 2.56. The van der Waals surface area contributed by atoms with Crippen molar-refractivity contribution in [1.82, 2.24) is 5.32 Å². The number of phenols is 1. The fourth-order valence-corrected chi connectivity index (χ4v) is 3.07. The molecule has 1 aliphatic carbocycles. The van der Waals surface area contributed by atoms with Gasteiger partial charge in [-0.3, -0.25) is 9.59 Å². The number of carbonyl (C=O) groups is 2. The fraction of sp³-hybridized carbons (Fsp3) is 0.556. The molecule has 1 saturated carbocycles. The summed E-state index contributed by atoms with van der Waals surface area (Å²) in [5.74, 6) is 0.0407. The van der Waals surface area contributed by atoms with Crippen molar-refractivity contribution in [3.05, 3.63) is 22.8 Å². The van der Waals surface area contributed by atoms with Crippen molar-refractivity contribution in [3.8, 4) is 5.75 Å². The highest BCUT2D eigenvalue weighted by Gasteiger charge is 2.21. The van der Waals surface area contributed by atoms with Gasteiger partial charge in [0, 0.05) is 11.6 Å². The Hall–Kier alpha value is -2.04. The molecular formula is C18H26N2O3. The van der Waals surface area contributed by atoms with Gasteiger partial charge >= 0.3 is 0 Å². The number of aromatic hydroxyl groups is 1. The molecule has 0 aromatic heterocycles. The number of aryl methyl sites for hydroxylation is 1. The largest absolute Gasteiger partial charge is 0.507 e. The van der Waals surface area contributed by atoms with Crippen molar-refractivity contribution in [3.63, 3.8) is 0 Å². The summed E-state index contributed by atoms with van der Waals surface area (Å²) in [5.41, 5.74) is 2.98. The summed E-state index contributed by atoms with van der Waals surface area (Å²) in [6, 6.07) is 1.75. The number of hydrogen-bond donors (Lipinski definition) is 3. The molecule has 0 saturated heterocycles. The van der Waals surface area contributed by atoms with Gasteiger partial charge in [0.2, 0.25) is 11.8 Å². The van der Waals surface area contributed by atoms with E-state index in [0.717, 1.165) is 42.4 Å². The van der Waals surface area contributed by atoms with Crippen LogP contribution in [0.2, 0.25) is 0 Å². The first kappa shape index (κ1) is 17.3. The van der Waals surface area contributed by atoms with Gasteiger partial charge in [-0.1, -0.05) is 19.3 Å². The van der Waals surface area contributed by atoms with Crippen LogP contribution >= 0.6 is 0 Å². The van der Waals surface area contributed by atoms with Crippen LogP contribution in [0.4, 0.5) is 5.69 Å². The summed E-state index contributed by atoms with van der Waals surface area (Å²) in [6.07, 6.45) is 5.22. The number of nitrogens with one attached hydrogen (secondary N) is 2. The van der Waals surface area contributed by atoms with E-state index in [9.17, 15) is 14.7 Å². The van der Waals surface area contributed by atoms with Crippen LogP contribution in [-0.4, -0.2) is 23.5 Å². The zero-order chi connectivity index (χ0) is 17.0. The third-order valence-electron chi connectivity index (χ3n) is 4.73. The van der Waals surface area contributed by atoms with Gasteiger partial charge in [0.25, 0.3) is 0 Å². The molecule has 1 fully saturated rings. The highest BCUT2D eigenvalue weighted by atomic mass is 16.3. The number of amides is 2. The van der Waals surface area contributed by atoms with Crippen LogP contribution in [0.5, 0.6) is 5.75 Å². The lowest BCUT2D eigenvalue weighted by molar-refractivity contribution is -0.128. The Morgan fingerprint density at radius 2 is 1.78 bits per heavy atom. The minimum absolute atomic E-state index is 0.0189. The van der Waals surface area contributed by atoms with Crippen LogP contribution in [0.1, 0.15) is 48.8 Å². The van der Waals surface area contributed by atoms with Crippen LogP contribution in [0.15, 0.2) is 6.07 Å². The minimum Gasteiger partial charge on any atom is -0.507 e. The van der Waals surface area contributed by atoms with E-state index in [1.165, 1.54) is 6.42 Å². The van der Waals surface area contributed by atoms with E-state index >= 15 is 0 Å². The number of benzene rings is 1. The molecule has 0 bridgehead atoms. The first-order chi connectivity index (χ1) is 10.9. The summed E-state index contributed by atoms with van der Waals surface area (Å²) in [5, 5.41) is 15.4. The monoisotopic (exact) mass is 318 g/mol. The zero-order valence-electron chi connectivity index (χ0n) is 14.2. The van der Waals surface area contributed by atoms with Crippen molar-refractivity contribution in [2.75, 3.05) is 11.9 Å². The van der Waals surface area contributed by atoms with E-state index in [0.29, 0.717) is 5.69 Å². The van der Waals surface area contributed by atoms with Crippen molar-refractivity contribution >= 4 is 17.5 Å². The second-order valence-corrected chi connectivity index (χ2v) is 6.44. The molecule has 0 radical (unpaired) electrons. The van der Waals surface area contributed by atoms with E-state index in [2.05, 4.69) is 10.6 Å². The van der Waals surface area contributed by atoms with Gasteiger partial charge in [-0.05, 0) is 56.4 Å². The zero-order valence-corrected chi connectivity index (χ0v) is 14.2. The van der Waals surface area contributed by atoms with Gasteiger partial charge in [-0.25, -0.2) is 0 Å². The van der Waals surface area contributed by atoms with Gasteiger partial charge in [-0.15, -0.1) is 0 Å². The molecule has 0 atom stereocenters. The summed E-state index contributed by atoms with van der Waals surface area (Å²) < 4.78 is 0. The molecule has 1 aromatic rings. The molecule has 3 N–H and O–H groups in total. The van der Waals surface area contributed by atoms with Crippen LogP contribution in [-0.2, 0) is 9.59 Å². The fourth-order valence-electron chi connectivity index (χ4n) is 3.07. The van der Waals surface area contributed by atoms with E-state index < -0.39 is 0 Å². The predicted octanol–water partition coefficient (Wildman–Crippen LogP) is 2.95. The summed E-state index contributed by atoms with van der Waals surface area (Å²) in [4.78, 5) is 24.1. The second kappa shape index (κ2) is 7.49. The molecule has 2 amide bonds. The molecule has 2 rings (SSSR count). The Kier molecular flexibility index (Phi) is 5.64. The summed E-state index contributed by atoms with van der Waals surface area (Å²) in [6.45, 7) is 5.44. The van der Waals surface area contributed by atoms with Crippen molar-refractivity contribution in [2.24, 2.45) is 5.92 Å². The molecule has 0 heterocycles. The van der Waals surface area contributed by atoms with Gasteiger partial charge in [-0.2, -0.15) is 0 Å². The lowest BCUT2D eigenvalue weighted by atomic mass is 9.89. The lowest BCUT2D eigenvalue weighted by Crippen LogP contribution is -2.37. The maximum atomic E-state index is 12.1. The van der Waals surface area contributed by atoms with Gasteiger partial charge in [0.05, 0.1) is 6.54 Å². The quantitative estimate of drug-likeness (QED) is 0.747. The maximum absolute atomic E-state index is 12.1. The Bertz CT molecular complexity index is 605. The Morgan fingerprint density at radius 1 is 1.13 bits per heavy atom. The van der Waals surface area contributed by atoms with Gasteiger partial charge in [0.15, 0.2) is 0 Å². The van der Waals surface area contributed by atoms with Crippen molar-refractivity contribution < 1.29 is 14.7 Å². The number of carbonyl (C=O) groups excluding carboxylic acids is 2. The smallest absolute Gasteiger partial charge is 0.243 e. The van der Waals surface area contributed by atoms with Crippen LogP contribution in [0.3, 0.4) is 0 Å². The third kappa shape index (κ3) is 4.24. The lowest BCUT2D eigenvalue weighted by Gasteiger charge is -2.20. The number of rotatable bonds is 4. The molecular weight excluding hydrogens is 292 g/mol. The molecule has 1 aliphatic rings. The third-order valence-corrected chi connectivity index (χ3v) is 4.73. The van der Waals surface area contributed by atoms with Crippen molar-refractivity contribution in [2.45, 2.75) is 52.9 Å². The Morgan fingerprint density at radius 3 is 2.43 bits per heavy atom. The van der Waals surface area contributed by atoms with Crippen LogP contribution in [0.25, 0.3) is 0 Å². The number of hydrogen-bond acceptors (Lipinski definition) is 3. The Labute approximate surface area is 137 Å². The first-order valence-corrected chi connectivity index (χ1v) is 8.27. The topological polar surface area (TPSA) is 78.4 Å². The molecule has 5 heteroatoms. The summed E-state index contributed by atoms with van der Waals surface area (Å²) >= 11 is 0. The maximum Gasteiger partial charge on any atom is 0.243 e. The van der Waals surface area contributed by atoms with E-state index in [1.807, 2.05) is 13.8 Å². The summed E-state index contributed by atoms with van der Waals surface area (Å²) in [7, 11) is 0. The molecule has 0 aliphatic heterocycles. The molecule has 0 spiro atoms. The van der Waals surface area contributed by atoms with Gasteiger partial charge < -0.3 is 15.7 Å². The molecule has 23 heavy (non-hydrogen) atoms. The molecule has 0 unspecified atom stereocenters. The predicted molar refractivity (Wildman–Crippen MR) is 90.5 cm³/mol. The van der Waals surface area contributed by atoms with E-state index in [1.54, 1.807) is 13.0 Å². The molecule has 1 aromatic carbocycles. The standard InChI is InChI=1S/C18H26N2O3/c1-11-9-15(12(2)13(3)17(11)22)20-16(21)10-19-18(23)14-7-5-4-6-8-14/h9,14,22H,4-8,10H2,1-3H3,(H,19,23)(H,20,21). The van der Waals surface area contributed by atoms with Crippen LogP contribution < -0.4 is 10.6 Å². The number of phenolic OH excluding ortho intramolecular Hbond substituents is 1. The minimum atomic E-state index is -0.248. The average molecular weight is 318 g/mol. The van der Waals surface area contributed by atoms with E-state index in [4.69, 9.17) is 0 Å². The highest BCUT2D eigenvalue weighted by molar-refractivity contribution is 5.95. The SMILES string of the molecule is Cc1cc(NC(=O)CNC(=O)C2CCCCC2)c(C)c(C)c1O. The second-order valence-electron chi connectivity index (χ2n) is 6.44. The van der Waals surface area contributed by atoms with E-state index in [-0.39, 0.29) is 30.0 Å². The van der Waals surface area contributed by atoms with Gasteiger partial charge in [0.1, 0.15) is 5.75 Å².